The lowest BCUT2D eigenvalue weighted by atomic mass is 10.1. The molecule has 1 amide bonds. The van der Waals surface area contributed by atoms with Crippen LogP contribution in [0.3, 0.4) is 0 Å². The van der Waals surface area contributed by atoms with Crippen molar-refractivity contribution >= 4 is 72.5 Å². The zero-order chi connectivity index (χ0) is 27.4. The second-order valence-electron chi connectivity index (χ2n) is 8.75. The lowest BCUT2D eigenvalue weighted by Gasteiger charge is -2.14. The maximum atomic E-state index is 13.8. The fourth-order valence-corrected chi connectivity index (χ4v) is 6.67. The molecule has 2 N–H and O–H groups in total. The van der Waals surface area contributed by atoms with Crippen molar-refractivity contribution in [3.8, 4) is 11.3 Å². The molecule has 200 valence electrons. The first-order valence-corrected chi connectivity index (χ1v) is 17.1. The van der Waals surface area contributed by atoms with Crippen LogP contribution in [0, 0.1) is 5.92 Å². The van der Waals surface area contributed by atoms with Crippen LogP contribution in [0.5, 0.6) is 0 Å². The molecule has 3 heterocycles. The molecule has 4 aromatic rings. The predicted molar refractivity (Wildman–Crippen MR) is 147 cm³/mol. The normalized spacial score (nSPS) is 17.6. The molecular formula is C22H20F3IN7O3PS. The number of aryl methyl sites for hydroxylation is 1. The van der Waals surface area contributed by atoms with Gasteiger partial charge in [0.15, 0.2) is 21.3 Å². The number of nitrogens with one attached hydrogen (secondary N) is 2. The third kappa shape index (κ3) is 5.23. The molecule has 1 aromatic carbocycles. The van der Waals surface area contributed by atoms with Crippen LogP contribution in [0.15, 0.2) is 41.4 Å². The summed E-state index contributed by atoms with van der Waals surface area (Å²) >= 11 is 1.91. The van der Waals surface area contributed by atoms with Crippen molar-refractivity contribution in [1.82, 2.24) is 24.1 Å². The van der Waals surface area contributed by atoms with Gasteiger partial charge in [0, 0.05) is 31.1 Å². The van der Waals surface area contributed by atoms with Gasteiger partial charge in [0.25, 0.3) is 6.43 Å². The van der Waals surface area contributed by atoms with Gasteiger partial charge in [0.2, 0.25) is 5.91 Å². The number of pyridine rings is 1. The van der Waals surface area contributed by atoms with Gasteiger partial charge in [-0.1, -0.05) is 6.07 Å². The molecule has 1 unspecified atom stereocenters. The SMILES string of the molecule is Cn1ccc(-c2ccc(Nc3cc(NC(=O)[C@@H]4C[C@@H]4F)nc4c3nc(C(F)F)n4PI)c(S(C)(=O)=O)c2)n1. The first-order valence-electron chi connectivity index (χ1n) is 11.1. The number of amides is 1. The van der Waals surface area contributed by atoms with E-state index in [9.17, 15) is 26.4 Å². The lowest BCUT2D eigenvalue weighted by Crippen LogP contribution is -2.16. The summed E-state index contributed by atoms with van der Waals surface area (Å²) in [6.45, 7) is 0. The molecular weight excluding hydrogens is 657 g/mol. The van der Waals surface area contributed by atoms with Gasteiger partial charge >= 0.3 is 0 Å². The number of alkyl halides is 3. The number of carbonyl (C=O) groups excluding carboxylic acids is 1. The third-order valence-corrected chi connectivity index (χ3v) is 9.08. The van der Waals surface area contributed by atoms with Crippen LogP contribution in [0.1, 0.15) is 18.7 Å². The Morgan fingerprint density at radius 3 is 2.53 bits per heavy atom. The van der Waals surface area contributed by atoms with Crippen molar-refractivity contribution in [2.24, 2.45) is 13.0 Å². The fraction of sp³-hybridized carbons (Fsp3) is 0.273. The standard InChI is InChI=1S/C22H20F3IN7O3PS/c1-32-6-5-13(31-32)10-3-4-14(16(7-10)38(2,35)36)27-15-9-17(29-22(34)11-8-12(11)23)28-20-18(15)30-21(19(24)25)33(20)37-26/h3-7,9,11-12,19,37H,8H2,1-2H3,(H2,27,28,29,34)/t11-,12+/m1/s1. The summed E-state index contributed by atoms with van der Waals surface area (Å²) in [6.07, 6.45) is -1.46. The maximum absolute atomic E-state index is 13.8. The molecule has 1 fully saturated rings. The average molecular weight is 677 g/mol. The Morgan fingerprint density at radius 2 is 1.95 bits per heavy atom. The van der Waals surface area contributed by atoms with Gasteiger partial charge in [-0.15, -0.1) is 0 Å². The zero-order valence-electron chi connectivity index (χ0n) is 19.8. The van der Waals surface area contributed by atoms with Crippen molar-refractivity contribution in [3.05, 3.63) is 42.4 Å². The van der Waals surface area contributed by atoms with Crippen LogP contribution in [-0.2, 0) is 21.7 Å². The largest absolute Gasteiger partial charge is 0.352 e. The Balaban J connectivity index is 1.63. The summed E-state index contributed by atoms with van der Waals surface area (Å²) in [7, 11) is -2.02. The number of imidazole rings is 1. The number of hydrogen-bond acceptors (Lipinski definition) is 7. The van der Waals surface area contributed by atoms with Crippen molar-refractivity contribution in [2.75, 3.05) is 16.9 Å². The van der Waals surface area contributed by atoms with Crippen LogP contribution in [0.2, 0.25) is 0 Å². The molecule has 5 rings (SSSR count). The minimum Gasteiger partial charge on any atom is -0.352 e. The van der Waals surface area contributed by atoms with E-state index >= 15 is 0 Å². The van der Waals surface area contributed by atoms with E-state index in [0.717, 1.165) is 6.26 Å². The zero-order valence-corrected chi connectivity index (χ0v) is 23.8. The lowest BCUT2D eigenvalue weighted by molar-refractivity contribution is -0.117. The third-order valence-electron chi connectivity index (χ3n) is 5.88. The van der Waals surface area contributed by atoms with Crippen LogP contribution in [-0.4, -0.2) is 50.8 Å². The van der Waals surface area contributed by atoms with E-state index in [-0.39, 0.29) is 46.0 Å². The average Bonchev–Trinajstić information content (AvgIpc) is 3.24. The Labute approximate surface area is 229 Å². The molecule has 16 heteroatoms. The number of anilines is 3. The summed E-state index contributed by atoms with van der Waals surface area (Å²) in [5, 5.41) is 9.82. The highest BCUT2D eigenvalue weighted by Crippen LogP contribution is 2.40. The number of sulfone groups is 1. The molecule has 1 saturated carbocycles. The van der Waals surface area contributed by atoms with Crippen molar-refractivity contribution in [2.45, 2.75) is 23.9 Å². The van der Waals surface area contributed by atoms with E-state index < -0.39 is 40.1 Å². The smallest absolute Gasteiger partial charge is 0.295 e. The maximum Gasteiger partial charge on any atom is 0.295 e. The van der Waals surface area contributed by atoms with E-state index in [1.807, 2.05) is 22.0 Å². The van der Waals surface area contributed by atoms with Gasteiger partial charge in [-0.25, -0.2) is 31.6 Å². The van der Waals surface area contributed by atoms with Crippen LogP contribution >= 0.6 is 28.4 Å². The highest BCUT2D eigenvalue weighted by Gasteiger charge is 2.43. The fourth-order valence-electron chi connectivity index (χ4n) is 3.91. The minimum atomic E-state index is -3.76. The first kappa shape index (κ1) is 26.8. The van der Waals surface area contributed by atoms with Gasteiger partial charge in [-0.05, 0) is 46.7 Å². The molecule has 0 radical (unpaired) electrons. The Kier molecular flexibility index (Phi) is 7.11. The second kappa shape index (κ2) is 10.1. The predicted octanol–water partition coefficient (Wildman–Crippen LogP) is 5.00. The number of benzene rings is 1. The summed E-state index contributed by atoms with van der Waals surface area (Å²) in [5.41, 5.74) is 1.55. The van der Waals surface area contributed by atoms with E-state index in [0.29, 0.717) is 11.3 Å². The van der Waals surface area contributed by atoms with E-state index in [1.54, 1.807) is 30.1 Å². The first-order chi connectivity index (χ1) is 18.0. The number of rotatable bonds is 8. The van der Waals surface area contributed by atoms with Crippen molar-refractivity contribution < 1.29 is 26.4 Å². The van der Waals surface area contributed by atoms with Gasteiger partial charge in [0.05, 0.1) is 34.3 Å². The second-order valence-corrected chi connectivity index (χ2v) is 12.8. The molecule has 1 aliphatic carbocycles. The van der Waals surface area contributed by atoms with Gasteiger partial charge in [-0.2, -0.15) is 5.10 Å². The molecule has 0 bridgehead atoms. The number of carbonyl (C=O) groups is 1. The van der Waals surface area contributed by atoms with Crippen LogP contribution in [0.4, 0.5) is 30.4 Å². The quantitative estimate of drug-likeness (QED) is 0.199. The van der Waals surface area contributed by atoms with Crippen LogP contribution in [0.25, 0.3) is 22.4 Å². The highest BCUT2D eigenvalue weighted by atomic mass is 127. The molecule has 0 saturated heterocycles. The van der Waals surface area contributed by atoms with Gasteiger partial charge in [0.1, 0.15) is 17.5 Å². The molecule has 1 aliphatic rings. The molecule has 10 nitrogen and oxygen atoms in total. The minimum absolute atomic E-state index is 0.00766. The molecule has 3 atom stereocenters. The Morgan fingerprint density at radius 1 is 1.21 bits per heavy atom. The Hall–Kier alpha value is -2.78. The number of nitrogens with zero attached hydrogens (tertiary/aromatic N) is 5. The summed E-state index contributed by atoms with van der Waals surface area (Å²) in [5.74, 6) is -1.91. The van der Waals surface area contributed by atoms with Crippen LogP contribution < -0.4 is 10.6 Å². The molecule has 0 aliphatic heterocycles. The Bertz CT molecular complexity index is 1680. The molecule has 0 spiro atoms. The number of fused-ring (bicyclic) bond motifs is 1. The van der Waals surface area contributed by atoms with Gasteiger partial charge in [-0.3, -0.25) is 13.8 Å². The molecule has 3 aromatic heterocycles. The monoisotopic (exact) mass is 677 g/mol. The summed E-state index contributed by atoms with van der Waals surface area (Å²) in [6, 6.07) is 7.77. The summed E-state index contributed by atoms with van der Waals surface area (Å²) < 4.78 is 69.2. The number of hydrogen-bond donors (Lipinski definition) is 2. The highest BCUT2D eigenvalue weighted by molar-refractivity contribution is 14.2. The van der Waals surface area contributed by atoms with Crippen molar-refractivity contribution in [3.63, 3.8) is 0 Å². The molecule has 38 heavy (non-hydrogen) atoms. The topological polar surface area (TPSA) is 124 Å². The number of aromatic nitrogens is 5. The van der Waals surface area contributed by atoms with E-state index in [2.05, 4.69) is 25.7 Å². The van der Waals surface area contributed by atoms with E-state index in [4.69, 9.17) is 0 Å². The number of halogens is 4. The van der Waals surface area contributed by atoms with E-state index in [1.165, 1.54) is 22.5 Å². The van der Waals surface area contributed by atoms with Crippen molar-refractivity contribution in [1.29, 1.82) is 0 Å². The van der Waals surface area contributed by atoms with Gasteiger partial charge < -0.3 is 10.6 Å². The summed E-state index contributed by atoms with van der Waals surface area (Å²) in [4.78, 5) is 20.7.